The molecule has 29 heavy (non-hydrogen) atoms. The lowest BCUT2D eigenvalue weighted by Crippen LogP contribution is -2.16. The SMILES string of the molecule is COc1ccc(-c2c3c(nc4nc(NCC5CCCCC5)sc24)CCCC3)cc1. The summed E-state index contributed by atoms with van der Waals surface area (Å²) in [5.74, 6) is 1.69. The summed E-state index contributed by atoms with van der Waals surface area (Å²) in [6.45, 7) is 1.04. The van der Waals surface area contributed by atoms with Crippen molar-refractivity contribution in [1.29, 1.82) is 0 Å². The van der Waals surface area contributed by atoms with Gasteiger partial charge >= 0.3 is 0 Å². The van der Waals surface area contributed by atoms with Crippen LogP contribution in [0.1, 0.15) is 56.2 Å². The lowest BCUT2D eigenvalue weighted by Gasteiger charge is -2.21. The Hall–Kier alpha value is -2.14. The molecule has 5 heteroatoms. The number of nitrogens with one attached hydrogen (secondary N) is 1. The molecule has 2 aliphatic rings. The van der Waals surface area contributed by atoms with Gasteiger partial charge < -0.3 is 10.1 Å². The number of pyridine rings is 1. The predicted octanol–water partition coefficient (Wildman–Crippen LogP) is 6.24. The first-order valence-corrected chi connectivity index (χ1v) is 11.8. The lowest BCUT2D eigenvalue weighted by molar-refractivity contribution is 0.373. The maximum absolute atomic E-state index is 5.37. The highest BCUT2D eigenvalue weighted by molar-refractivity contribution is 7.22. The normalized spacial score (nSPS) is 17.3. The quantitative estimate of drug-likeness (QED) is 0.544. The van der Waals surface area contributed by atoms with Crippen LogP contribution in [-0.2, 0) is 12.8 Å². The van der Waals surface area contributed by atoms with Gasteiger partial charge in [-0.1, -0.05) is 42.7 Å². The van der Waals surface area contributed by atoms with Crippen molar-refractivity contribution in [3.63, 3.8) is 0 Å². The summed E-state index contributed by atoms with van der Waals surface area (Å²) in [7, 11) is 1.72. The molecule has 0 radical (unpaired) electrons. The minimum atomic E-state index is 0.790. The van der Waals surface area contributed by atoms with Crippen molar-refractivity contribution in [2.45, 2.75) is 57.8 Å². The van der Waals surface area contributed by atoms with Gasteiger partial charge in [0.2, 0.25) is 0 Å². The Kier molecular flexibility index (Phi) is 5.40. The number of benzene rings is 1. The zero-order chi connectivity index (χ0) is 19.6. The van der Waals surface area contributed by atoms with Crippen LogP contribution in [0.3, 0.4) is 0 Å². The summed E-state index contributed by atoms with van der Waals surface area (Å²) in [6.07, 6.45) is 11.5. The molecule has 1 aromatic carbocycles. The fraction of sp³-hybridized carbons (Fsp3) is 0.500. The van der Waals surface area contributed by atoms with Gasteiger partial charge in [-0.25, -0.2) is 9.97 Å². The zero-order valence-electron chi connectivity index (χ0n) is 17.2. The smallest absolute Gasteiger partial charge is 0.185 e. The minimum absolute atomic E-state index is 0.790. The highest BCUT2D eigenvalue weighted by Crippen LogP contribution is 2.41. The lowest BCUT2D eigenvalue weighted by atomic mass is 9.89. The molecule has 5 rings (SSSR count). The van der Waals surface area contributed by atoms with Crippen molar-refractivity contribution in [3.8, 4) is 16.9 Å². The standard InChI is InChI=1S/C24H29N3OS/c1-28-18-13-11-17(12-14-18)21-19-9-5-6-10-20(19)26-23-22(21)29-24(27-23)25-15-16-7-3-2-4-8-16/h11-14,16H,2-10,15H2,1H3,(H,25,26,27). The highest BCUT2D eigenvalue weighted by atomic mass is 32.1. The van der Waals surface area contributed by atoms with Crippen molar-refractivity contribution >= 4 is 26.8 Å². The molecule has 0 saturated heterocycles. The Bertz CT molecular complexity index is 990. The number of anilines is 1. The van der Waals surface area contributed by atoms with Crippen LogP contribution in [0.2, 0.25) is 0 Å². The van der Waals surface area contributed by atoms with E-state index in [1.807, 2.05) is 0 Å². The van der Waals surface area contributed by atoms with E-state index >= 15 is 0 Å². The number of methoxy groups -OCH3 is 1. The molecule has 0 atom stereocenters. The summed E-state index contributed by atoms with van der Waals surface area (Å²) < 4.78 is 6.59. The number of fused-ring (bicyclic) bond motifs is 2. The van der Waals surface area contributed by atoms with Gasteiger partial charge in [0, 0.05) is 17.8 Å². The summed E-state index contributed by atoms with van der Waals surface area (Å²) in [5, 5.41) is 4.66. The second-order valence-corrected chi connectivity index (χ2v) is 9.40. The summed E-state index contributed by atoms with van der Waals surface area (Å²) >= 11 is 1.77. The molecule has 0 aliphatic heterocycles. The third kappa shape index (κ3) is 3.85. The molecule has 0 spiro atoms. The molecule has 0 unspecified atom stereocenters. The minimum Gasteiger partial charge on any atom is -0.497 e. The molecule has 0 bridgehead atoms. The highest BCUT2D eigenvalue weighted by Gasteiger charge is 2.22. The number of hydrogen-bond acceptors (Lipinski definition) is 5. The molecule has 1 fully saturated rings. The average molecular weight is 408 g/mol. The Morgan fingerprint density at radius 3 is 2.59 bits per heavy atom. The van der Waals surface area contributed by atoms with Crippen LogP contribution in [-0.4, -0.2) is 23.6 Å². The van der Waals surface area contributed by atoms with E-state index in [4.69, 9.17) is 14.7 Å². The van der Waals surface area contributed by atoms with E-state index in [0.29, 0.717) is 0 Å². The van der Waals surface area contributed by atoms with E-state index in [0.717, 1.165) is 41.8 Å². The molecular weight excluding hydrogens is 378 g/mol. The van der Waals surface area contributed by atoms with E-state index in [1.54, 1.807) is 18.4 Å². The number of thiazole rings is 1. The molecule has 2 aliphatic carbocycles. The van der Waals surface area contributed by atoms with Crippen LogP contribution >= 0.6 is 11.3 Å². The van der Waals surface area contributed by atoms with Gasteiger partial charge in [-0.15, -0.1) is 0 Å². The van der Waals surface area contributed by atoms with Crippen molar-refractivity contribution < 1.29 is 4.74 Å². The number of nitrogens with zero attached hydrogens (tertiary/aromatic N) is 2. The van der Waals surface area contributed by atoms with Gasteiger partial charge in [-0.3, -0.25) is 0 Å². The monoisotopic (exact) mass is 407 g/mol. The molecule has 4 nitrogen and oxygen atoms in total. The first kappa shape index (κ1) is 18.9. The molecule has 2 heterocycles. The largest absolute Gasteiger partial charge is 0.497 e. The van der Waals surface area contributed by atoms with Gasteiger partial charge in [0.25, 0.3) is 0 Å². The van der Waals surface area contributed by atoms with E-state index in [9.17, 15) is 0 Å². The van der Waals surface area contributed by atoms with Gasteiger partial charge in [0.1, 0.15) is 5.75 Å². The van der Waals surface area contributed by atoms with Crippen LogP contribution in [0.4, 0.5) is 5.13 Å². The topological polar surface area (TPSA) is 47.0 Å². The van der Waals surface area contributed by atoms with Gasteiger partial charge in [-0.2, -0.15) is 0 Å². The van der Waals surface area contributed by atoms with Crippen LogP contribution < -0.4 is 10.1 Å². The van der Waals surface area contributed by atoms with Crippen LogP contribution in [0.5, 0.6) is 5.75 Å². The number of aryl methyl sites for hydroxylation is 1. The van der Waals surface area contributed by atoms with Crippen molar-refractivity contribution in [2.24, 2.45) is 5.92 Å². The van der Waals surface area contributed by atoms with Crippen LogP contribution in [0, 0.1) is 5.92 Å². The number of aromatic nitrogens is 2. The first-order chi connectivity index (χ1) is 14.3. The summed E-state index contributed by atoms with van der Waals surface area (Å²) in [5.41, 5.74) is 6.18. The van der Waals surface area contributed by atoms with Crippen molar-refractivity contribution in [2.75, 3.05) is 19.0 Å². The summed E-state index contributed by atoms with van der Waals surface area (Å²) in [4.78, 5) is 9.88. The van der Waals surface area contributed by atoms with Crippen LogP contribution in [0.25, 0.3) is 21.5 Å². The molecule has 1 N–H and O–H groups in total. The van der Waals surface area contributed by atoms with Crippen molar-refractivity contribution in [1.82, 2.24) is 9.97 Å². The molecular formula is C24H29N3OS. The Balaban J connectivity index is 1.52. The third-order valence-corrected chi connectivity index (χ3v) is 7.48. The maximum atomic E-state index is 5.37. The van der Waals surface area contributed by atoms with Gasteiger partial charge in [0.05, 0.1) is 11.8 Å². The Morgan fingerprint density at radius 1 is 1.00 bits per heavy atom. The number of rotatable bonds is 5. The number of ether oxygens (including phenoxy) is 1. The third-order valence-electron chi connectivity index (χ3n) is 6.46. The van der Waals surface area contributed by atoms with Crippen LogP contribution in [0.15, 0.2) is 24.3 Å². The first-order valence-electron chi connectivity index (χ1n) is 11.0. The predicted molar refractivity (Wildman–Crippen MR) is 121 cm³/mol. The molecule has 152 valence electrons. The Labute approximate surface area is 176 Å². The second kappa shape index (κ2) is 8.31. The van der Waals surface area contributed by atoms with E-state index in [2.05, 4.69) is 29.6 Å². The van der Waals surface area contributed by atoms with Gasteiger partial charge in [0.15, 0.2) is 10.8 Å². The molecule has 1 saturated carbocycles. The summed E-state index contributed by atoms with van der Waals surface area (Å²) in [6, 6.07) is 8.47. The fourth-order valence-corrected chi connectivity index (χ4v) is 5.87. The fourth-order valence-electron chi connectivity index (χ4n) is 4.86. The second-order valence-electron chi connectivity index (χ2n) is 8.40. The van der Waals surface area contributed by atoms with E-state index in [-0.39, 0.29) is 0 Å². The number of hydrogen-bond donors (Lipinski definition) is 1. The maximum Gasteiger partial charge on any atom is 0.185 e. The van der Waals surface area contributed by atoms with Crippen molar-refractivity contribution in [3.05, 3.63) is 35.5 Å². The van der Waals surface area contributed by atoms with E-state index < -0.39 is 0 Å². The zero-order valence-corrected chi connectivity index (χ0v) is 18.0. The average Bonchev–Trinajstić information content (AvgIpc) is 3.19. The molecule has 3 aromatic rings. The molecule has 0 amide bonds. The van der Waals surface area contributed by atoms with Gasteiger partial charge in [-0.05, 0) is 67.7 Å². The van der Waals surface area contributed by atoms with E-state index in [1.165, 1.54) is 72.0 Å². The molecule has 2 aromatic heterocycles. The Morgan fingerprint density at radius 2 is 1.79 bits per heavy atom.